The van der Waals surface area contributed by atoms with Crippen LogP contribution in [0.5, 0.6) is 0 Å². The Morgan fingerprint density at radius 1 is 1.28 bits per heavy atom. The third-order valence-corrected chi connectivity index (χ3v) is 5.11. The van der Waals surface area contributed by atoms with Gasteiger partial charge < -0.3 is 4.90 Å². The van der Waals surface area contributed by atoms with Crippen molar-refractivity contribution in [3.05, 3.63) is 52.6 Å². The maximum Gasteiger partial charge on any atom is 0.272 e. The van der Waals surface area contributed by atoms with Gasteiger partial charge in [-0.2, -0.15) is 5.10 Å². The molecule has 1 fully saturated rings. The van der Waals surface area contributed by atoms with Crippen LogP contribution in [-0.2, 0) is 6.54 Å². The van der Waals surface area contributed by atoms with Gasteiger partial charge in [0, 0.05) is 24.7 Å². The van der Waals surface area contributed by atoms with Gasteiger partial charge in [-0.1, -0.05) is 61.9 Å². The van der Waals surface area contributed by atoms with E-state index in [0.29, 0.717) is 23.7 Å². The van der Waals surface area contributed by atoms with Crippen LogP contribution >= 0.6 is 11.6 Å². The van der Waals surface area contributed by atoms with E-state index in [1.807, 2.05) is 0 Å². The van der Waals surface area contributed by atoms with E-state index in [1.54, 1.807) is 23.1 Å². The first-order valence-electron chi connectivity index (χ1n) is 8.87. The van der Waals surface area contributed by atoms with Gasteiger partial charge in [0.15, 0.2) is 5.15 Å². The van der Waals surface area contributed by atoms with Gasteiger partial charge in [-0.3, -0.25) is 9.89 Å². The molecular weight excluding hydrogens is 341 g/mol. The maximum absolute atomic E-state index is 14.0. The molecule has 1 heterocycles. The number of rotatable bonds is 6. The third kappa shape index (κ3) is 4.82. The molecule has 1 aromatic heterocycles. The second-order valence-electron chi connectivity index (χ2n) is 6.72. The fraction of sp³-hybridized carbons (Fsp3) is 0.474. The average molecular weight is 364 g/mol. The Morgan fingerprint density at radius 3 is 2.72 bits per heavy atom. The van der Waals surface area contributed by atoms with Crippen molar-refractivity contribution < 1.29 is 9.18 Å². The maximum atomic E-state index is 14.0. The van der Waals surface area contributed by atoms with Crippen LogP contribution in [0.25, 0.3) is 0 Å². The third-order valence-electron chi connectivity index (χ3n) is 4.92. The predicted octanol–water partition coefficient (Wildman–Crippen LogP) is 4.82. The SMILES string of the molecule is O=C(c1cc(Cl)n[nH]1)N(CCC1CCCCC1)Cc1ccccc1F. The normalized spacial score (nSPS) is 15.3. The van der Waals surface area contributed by atoms with Crippen molar-refractivity contribution in [3.63, 3.8) is 0 Å². The summed E-state index contributed by atoms with van der Waals surface area (Å²) >= 11 is 5.82. The van der Waals surface area contributed by atoms with Gasteiger partial charge in [0.05, 0.1) is 0 Å². The van der Waals surface area contributed by atoms with Crippen LogP contribution in [0.2, 0.25) is 5.15 Å². The van der Waals surface area contributed by atoms with Crippen LogP contribution in [0.4, 0.5) is 4.39 Å². The molecule has 0 bridgehead atoms. The molecule has 0 atom stereocenters. The molecule has 1 N–H and O–H groups in total. The van der Waals surface area contributed by atoms with E-state index in [9.17, 15) is 9.18 Å². The summed E-state index contributed by atoms with van der Waals surface area (Å²) in [6, 6.07) is 8.10. The molecule has 134 valence electrons. The molecule has 1 saturated carbocycles. The van der Waals surface area contributed by atoms with Crippen molar-refractivity contribution >= 4 is 17.5 Å². The lowest BCUT2D eigenvalue weighted by molar-refractivity contribution is 0.0721. The summed E-state index contributed by atoms with van der Waals surface area (Å²) in [5.41, 5.74) is 0.857. The summed E-state index contributed by atoms with van der Waals surface area (Å²) in [5, 5.41) is 6.72. The Kier molecular flexibility index (Phi) is 6.08. The van der Waals surface area contributed by atoms with Gasteiger partial charge in [0.25, 0.3) is 5.91 Å². The van der Waals surface area contributed by atoms with Crippen molar-refractivity contribution in [1.29, 1.82) is 0 Å². The van der Waals surface area contributed by atoms with E-state index in [2.05, 4.69) is 10.2 Å². The zero-order valence-electron chi connectivity index (χ0n) is 14.2. The molecule has 0 radical (unpaired) electrons. The number of aromatic amines is 1. The summed E-state index contributed by atoms with van der Waals surface area (Å²) in [6.45, 7) is 0.851. The molecule has 4 nitrogen and oxygen atoms in total. The molecule has 0 aliphatic heterocycles. The summed E-state index contributed by atoms with van der Waals surface area (Å²) in [6.07, 6.45) is 7.22. The first-order chi connectivity index (χ1) is 12.1. The van der Waals surface area contributed by atoms with Gasteiger partial charge in [-0.15, -0.1) is 0 Å². The largest absolute Gasteiger partial charge is 0.333 e. The fourth-order valence-corrected chi connectivity index (χ4v) is 3.63. The smallest absolute Gasteiger partial charge is 0.272 e. The summed E-state index contributed by atoms with van der Waals surface area (Å²) in [4.78, 5) is 14.5. The van der Waals surface area contributed by atoms with Crippen LogP contribution in [0.3, 0.4) is 0 Å². The zero-order chi connectivity index (χ0) is 17.6. The van der Waals surface area contributed by atoms with Crippen molar-refractivity contribution in [2.45, 2.75) is 45.1 Å². The Labute approximate surface area is 152 Å². The van der Waals surface area contributed by atoms with Crippen LogP contribution in [-0.4, -0.2) is 27.5 Å². The number of benzene rings is 1. The molecule has 6 heteroatoms. The quantitative estimate of drug-likeness (QED) is 0.800. The number of nitrogens with one attached hydrogen (secondary N) is 1. The van der Waals surface area contributed by atoms with Gasteiger partial charge in [0.2, 0.25) is 0 Å². The second kappa shape index (κ2) is 8.48. The highest BCUT2D eigenvalue weighted by Crippen LogP contribution is 2.27. The lowest BCUT2D eigenvalue weighted by Crippen LogP contribution is -2.33. The van der Waals surface area contributed by atoms with Crippen molar-refractivity contribution in [3.8, 4) is 0 Å². The number of amides is 1. The topological polar surface area (TPSA) is 49.0 Å². The van der Waals surface area contributed by atoms with Gasteiger partial charge in [-0.25, -0.2) is 4.39 Å². The number of hydrogen-bond acceptors (Lipinski definition) is 2. The van der Waals surface area contributed by atoms with Crippen LogP contribution in [0.1, 0.15) is 54.6 Å². The standard InChI is InChI=1S/C19H23ClFN3O/c20-18-12-17(22-23-18)19(25)24(11-10-14-6-2-1-3-7-14)13-15-8-4-5-9-16(15)21/h4-5,8-9,12,14H,1-3,6-7,10-11,13H2,(H,22,23). The molecule has 3 rings (SSSR count). The van der Waals surface area contributed by atoms with E-state index in [0.717, 1.165) is 6.42 Å². The summed E-state index contributed by atoms with van der Waals surface area (Å²) in [7, 11) is 0. The summed E-state index contributed by atoms with van der Waals surface area (Å²) < 4.78 is 14.0. The molecule has 1 amide bonds. The number of carbonyl (C=O) groups excluding carboxylic acids is 1. The van der Waals surface area contributed by atoms with Gasteiger partial charge in [-0.05, 0) is 18.4 Å². The Hall–Kier alpha value is -1.88. The average Bonchev–Trinajstić information content (AvgIpc) is 3.07. The van der Waals surface area contributed by atoms with Crippen LogP contribution in [0.15, 0.2) is 30.3 Å². The molecular formula is C19H23ClFN3O. The van der Waals surface area contributed by atoms with Crippen molar-refractivity contribution in [2.75, 3.05) is 6.54 Å². The molecule has 1 aliphatic carbocycles. The van der Waals surface area contributed by atoms with E-state index < -0.39 is 0 Å². The van der Waals surface area contributed by atoms with E-state index in [-0.39, 0.29) is 23.4 Å². The minimum atomic E-state index is -0.291. The van der Waals surface area contributed by atoms with Gasteiger partial charge in [0.1, 0.15) is 11.5 Å². The second-order valence-corrected chi connectivity index (χ2v) is 7.10. The molecule has 25 heavy (non-hydrogen) atoms. The number of hydrogen-bond donors (Lipinski definition) is 1. The molecule has 0 spiro atoms. The monoisotopic (exact) mass is 363 g/mol. The first-order valence-corrected chi connectivity index (χ1v) is 9.25. The lowest BCUT2D eigenvalue weighted by atomic mass is 9.87. The number of nitrogens with zero attached hydrogens (tertiary/aromatic N) is 2. The number of halogens is 2. The highest BCUT2D eigenvalue weighted by molar-refractivity contribution is 6.29. The Bertz CT molecular complexity index is 712. The van der Waals surface area contributed by atoms with E-state index >= 15 is 0 Å². The first kappa shape index (κ1) is 17.9. The number of carbonyl (C=O) groups is 1. The fourth-order valence-electron chi connectivity index (χ4n) is 3.48. The van der Waals surface area contributed by atoms with Gasteiger partial charge >= 0.3 is 0 Å². The molecule has 0 saturated heterocycles. The molecule has 1 aromatic carbocycles. The van der Waals surface area contributed by atoms with E-state index in [1.165, 1.54) is 44.2 Å². The summed E-state index contributed by atoms with van der Waals surface area (Å²) in [5.74, 6) is 0.161. The minimum Gasteiger partial charge on any atom is -0.333 e. The number of H-pyrrole nitrogens is 1. The Balaban J connectivity index is 1.72. The highest BCUT2D eigenvalue weighted by Gasteiger charge is 2.22. The van der Waals surface area contributed by atoms with Crippen LogP contribution < -0.4 is 0 Å². The molecule has 2 aromatic rings. The zero-order valence-corrected chi connectivity index (χ0v) is 14.9. The Morgan fingerprint density at radius 2 is 2.04 bits per heavy atom. The molecule has 0 unspecified atom stereocenters. The van der Waals surface area contributed by atoms with Crippen molar-refractivity contribution in [2.24, 2.45) is 5.92 Å². The van der Waals surface area contributed by atoms with Crippen molar-refractivity contribution in [1.82, 2.24) is 15.1 Å². The van der Waals surface area contributed by atoms with E-state index in [4.69, 9.17) is 11.6 Å². The molecule has 1 aliphatic rings. The number of aromatic nitrogens is 2. The predicted molar refractivity (Wildman–Crippen MR) is 95.9 cm³/mol. The minimum absolute atomic E-state index is 0.196. The highest BCUT2D eigenvalue weighted by atomic mass is 35.5. The van der Waals surface area contributed by atoms with Crippen LogP contribution in [0, 0.1) is 11.7 Å². The lowest BCUT2D eigenvalue weighted by Gasteiger charge is -2.27.